The third-order valence-electron chi connectivity index (χ3n) is 1.57. The maximum Gasteiger partial charge on any atom is 0.213 e. The van der Waals surface area contributed by atoms with Crippen molar-refractivity contribution in [3.05, 3.63) is 24.3 Å². The molecule has 12 heavy (non-hydrogen) atoms. The Bertz CT molecular complexity index is 357. The number of sulfone groups is 1. The van der Waals surface area contributed by atoms with Gasteiger partial charge < -0.3 is 5.23 Å². The van der Waals surface area contributed by atoms with E-state index < -0.39 is 9.84 Å². The first kappa shape index (κ1) is 9.13. The van der Waals surface area contributed by atoms with E-state index in [0.717, 1.165) is 5.69 Å². The molecule has 5 heteroatoms. The summed E-state index contributed by atoms with van der Waals surface area (Å²) >= 11 is 0. The van der Waals surface area contributed by atoms with Crippen molar-refractivity contribution >= 4 is 23.5 Å². The van der Waals surface area contributed by atoms with Crippen LogP contribution in [0.4, 0.5) is 5.69 Å². The van der Waals surface area contributed by atoms with Gasteiger partial charge in [0, 0.05) is 11.9 Å². The van der Waals surface area contributed by atoms with Crippen LogP contribution in [0.2, 0.25) is 0 Å². The van der Waals surface area contributed by atoms with Gasteiger partial charge in [-0.3, -0.25) is 0 Å². The van der Waals surface area contributed by atoms with E-state index in [4.69, 9.17) is 0 Å². The molecule has 1 aromatic rings. The molecule has 3 nitrogen and oxygen atoms in total. The lowest BCUT2D eigenvalue weighted by Gasteiger charge is -2.00. The average molecular weight is 183 g/mol. The second kappa shape index (κ2) is 3.19. The molecule has 0 spiro atoms. The standard InChI is InChI=1S/C7H10BNO2S/c1-12(10,11)7-4-2-6(9-8)3-5-7/h2-5,9H,8H2,1H3. The first-order chi connectivity index (χ1) is 5.54. The van der Waals surface area contributed by atoms with Crippen molar-refractivity contribution in [3.63, 3.8) is 0 Å². The lowest BCUT2D eigenvalue weighted by Crippen LogP contribution is -1.97. The summed E-state index contributed by atoms with van der Waals surface area (Å²) in [6, 6.07) is 6.63. The maximum absolute atomic E-state index is 11.0. The minimum absolute atomic E-state index is 0.349. The second-order valence-electron chi connectivity index (χ2n) is 2.55. The van der Waals surface area contributed by atoms with Crippen LogP contribution in [0.25, 0.3) is 0 Å². The predicted molar refractivity (Wildman–Crippen MR) is 51.7 cm³/mol. The number of hydrogen-bond donors (Lipinski definition) is 1. The molecule has 1 aromatic carbocycles. The molecule has 0 aromatic heterocycles. The van der Waals surface area contributed by atoms with Crippen LogP contribution in [0.5, 0.6) is 0 Å². The van der Waals surface area contributed by atoms with Crippen LogP contribution in [0.15, 0.2) is 29.2 Å². The molecular formula is C7H10BNO2S. The molecule has 1 rings (SSSR count). The number of rotatable bonds is 2. The Hall–Kier alpha value is -0.965. The molecule has 1 N–H and O–H groups in total. The summed E-state index contributed by atoms with van der Waals surface area (Å²) in [7, 11) is -1.27. The van der Waals surface area contributed by atoms with Gasteiger partial charge in [0.25, 0.3) is 0 Å². The molecule has 0 heterocycles. The second-order valence-corrected chi connectivity index (χ2v) is 4.56. The zero-order valence-corrected chi connectivity index (χ0v) is 7.85. The number of anilines is 1. The lowest BCUT2D eigenvalue weighted by atomic mass is 10.3. The SMILES string of the molecule is BNc1ccc(S(C)(=O)=O)cc1. The molecule has 0 saturated heterocycles. The van der Waals surface area contributed by atoms with Crippen molar-refractivity contribution < 1.29 is 8.42 Å². The summed E-state index contributed by atoms with van der Waals surface area (Å²) in [4.78, 5) is 0.349. The quantitative estimate of drug-likeness (QED) is 0.659. The predicted octanol–water partition coefficient (Wildman–Crippen LogP) is 0.0501. The highest BCUT2D eigenvalue weighted by molar-refractivity contribution is 7.90. The molecule has 0 aliphatic heterocycles. The largest absolute Gasteiger partial charge is 0.434 e. The summed E-state index contributed by atoms with van der Waals surface area (Å²) in [5, 5.41) is 2.91. The van der Waals surface area contributed by atoms with Crippen LogP contribution >= 0.6 is 0 Å². The maximum atomic E-state index is 11.0. The smallest absolute Gasteiger partial charge is 0.213 e. The fourth-order valence-electron chi connectivity index (χ4n) is 0.869. The Morgan fingerprint density at radius 2 is 1.75 bits per heavy atom. The summed E-state index contributed by atoms with van der Waals surface area (Å²) in [6.45, 7) is 0. The summed E-state index contributed by atoms with van der Waals surface area (Å²) in [5.74, 6) is 0. The molecule has 0 radical (unpaired) electrons. The topological polar surface area (TPSA) is 46.2 Å². The van der Waals surface area contributed by atoms with Crippen molar-refractivity contribution in [2.24, 2.45) is 0 Å². The van der Waals surface area contributed by atoms with Crippen LogP contribution in [0.1, 0.15) is 0 Å². The molecule has 64 valence electrons. The van der Waals surface area contributed by atoms with Gasteiger partial charge in [-0.1, -0.05) is 0 Å². The van der Waals surface area contributed by atoms with Gasteiger partial charge in [-0.2, -0.15) is 0 Å². The first-order valence-electron chi connectivity index (χ1n) is 3.52. The number of benzene rings is 1. The molecule has 0 amide bonds. The molecule has 0 aliphatic rings. The highest BCUT2D eigenvalue weighted by Crippen LogP contribution is 2.12. The molecule has 0 atom stereocenters. The molecule has 0 bridgehead atoms. The van der Waals surface area contributed by atoms with Crippen molar-refractivity contribution in [3.8, 4) is 0 Å². The van der Waals surface area contributed by atoms with Crippen LogP contribution in [-0.4, -0.2) is 22.7 Å². The Kier molecular flexibility index (Phi) is 2.42. The van der Waals surface area contributed by atoms with E-state index in [-0.39, 0.29) is 0 Å². The molecule has 0 unspecified atom stereocenters. The van der Waals surface area contributed by atoms with Gasteiger partial charge in [0.05, 0.1) is 4.90 Å². The van der Waals surface area contributed by atoms with Gasteiger partial charge in [0.15, 0.2) is 9.84 Å². The van der Waals surface area contributed by atoms with Crippen molar-refractivity contribution in [1.82, 2.24) is 0 Å². The van der Waals surface area contributed by atoms with E-state index in [1.807, 2.05) is 0 Å². The monoisotopic (exact) mass is 183 g/mol. The zero-order valence-electron chi connectivity index (χ0n) is 7.03. The number of hydrogen-bond acceptors (Lipinski definition) is 3. The Labute approximate surface area is 73.1 Å². The highest BCUT2D eigenvalue weighted by atomic mass is 32.2. The van der Waals surface area contributed by atoms with E-state index in [1.165, 1.54) is 6.26 Å². The highest BCUT2D eigenvalue weighted by Gasteiger charge is 2.04. The first-order valence-corrected chi connectivity index (χ1v) is 5.41. The van der Waals surface area contributed by atoms with Crippen molar-refractivity contribution in [2.75, 3.05) is 11.5 Å². The van der Waals surface area contributed by atoms with Crippen molar-refractivity contribution in [1.29, 1.82) is 0 Å². The minimum atomic E-state index is -3.06. The van der Waals surface area contributed by atoms with Gasteiger partial charge in [-0.25, -0.2) is 8.42 Å². The lowest BCUT2D eigenvalue weighted by molar-refractivity contribution is 0.602. The summed E-state index contributed by atoms with van der Waals surface area (Å²) < 4.78 is 22.0. The third-order valence-corrected chi connectivity index (χ3v) is 2.70. The van der Waals surface area contributed by atoms with Gasteiger partial charge in [-0.05, 0) is 24.3 Å². The van der Waals surface area contributed by atoms with E-state index in [9.17, 15) is 8.42 Å². The Morgan fingerprint density at radius 3 is 2.08 bits per heavy atom. The van der Waals surface area contributed by atoms with Gasteiger partial charge in [0.2, 0.25) is 7.98 Å². The molecule has 0 fully saturated rings. The normalized spacial score (nSPS) is 11.1. The van der Waals surface area contributed by atoms with Gasteiger partial charge in [-0.15, -0.1) is 0 Å². The van der Waals surface area contributed by atoms with Gasteiger partial charge in [0.1, 0.15) is 0 Å². The fourth-order valence-corrected chi connectivity index (χ4v) is 1.50. The van der Waals surface area contributed by atoms with Crippen LogP contribution < -0.4 is 5.23 Å². The van der Waals surface area contributed by atoms with E-state index in [0.29, 0.717) is 4.90 Å². The van der Waals surface area contributed by atoms with Crippen LogP contribution in [0, 0.1) is 0 Å². The summed E-state index contributed by atoms with van der Waals surface area (Å²) in [6.07, 6.45) is 1.20. The Morgan fingerprint density at radius 1 is 1.25 bits per heavy atom. The Balaban J connectivity index is 3.09. The molecule has 0 saturated carbocycles. The molecule has 0 aliphatic carbocycles. The van der Waals surface area contributed by atoms with E-state index >= 15 is 0 Å². The average Bonchev–Trinajstić information content (AvgIpc) is 2.03. The summed E-state index contributed by atoms with van der Waals surface area (Å²) in [5.41, 5.74) is 0.905. The minimum Gasteiger partial charge on any atom is -0.434 e. The van der Waals surface area contributed by atoms with E-state index in [1.54, 1.807) is 32.2 Å². The third kappa shape index (κ3) is 2.01. The van der Waals surface area contributed by atoms with Gasteiger partial charge >= 0.3 is 0 Å². The van der Waals surface area contributed by atoms with Crippen LogP contribution in [-0.2, 0) is 9.84 Å². The van der Waals surface area contributed by atoms with Crippen molar-refractivity contribution in [2.45, 2.75) is 4.90 Å². The fraction of sp³-hybridized carbons (Fsp3) is 0.143. The zero-order chi connectivity index (χ0) is 9.19. The van der Waals surface area contributed by atoms with Crippen LogP contribution in [0.3, 0.4) is 0 Å². The van der Waals surface area contributed by atoms with E-state index in [2.05, 4.69) is 5.23 Å². The molecular weight excluding hydrogens is 173 g/mol. The number of nitrogens with one attached hydrogen (secondary N) is 1.